The number of anilines is 3. The average molecular weight is 444 g/mol. The van der Waals surface area contributed by atoms with Gasteiger partial charge in [0.2, 0.25) is 5.95 Å². The summed E-state index contributed by atoms with van der Waals surface area (Å²) in [4.78, 5) is 14.9. The molecule has 0 bridgehead atoms. The van der Waals surface area contributed by atoms with Crippen LogP contribution in [0.15, 0.2) is 29.2 Å². The second-order valence-electron chi connectivity index (χ2n) is 9.20. The third kappa shape index (κ3) is 3.29. The highest BCUT2D eigenvalue weighted by molar-refractivity contribution is 7.85. The van der Waals surface area contributed by atoms with Crippen LogP contribution < -0.4 is 15.1 Å². The third-order valence-electron chi connectivity index (χ3n) is 7.21. The number of halogens is 1. The average Bonchev–Trinajstić information content (AvgIpc) is 3.44. The molecule has 9 heteroatoms. The predicted octanol–water partition coefficient (Wildman–Crippen LogP) is 1.93. The Bertz CT molecular complexity index is 1040. The molecule has 2 saturated heterocycles. The Balaban J connectivity index is 1.27. The van der Waals surface area contributed by atoms with Gasteiger partial charge in [0.05, 0.1) is 34.7 Å². The lowest BCUT2D eigenvalue weighted by molar-refractivity contribution is 0.247. The van der Waals surface area contributed by atoms with E-state index in [2.05, 4.69) is 15.1 Å². The monoisotopic (exact) mass is 443 g/mol. The van der Waals surface area contributed by atoms with E-state index in [9.17, 15) is 13.7 Å². The van der Waals surface area contributed by atoms with Gasteiger partial charge < -0.3 is 20.2 Å². The number of aliphatic hydroxyl groups excluding tert-OH is 1. The molecule has 4 aliphatic rings. The third-order valence-corrected chi connectivity index (χ3v) is 8.67. The Labute approximate surface area is 183 Å². The van der Waals surface area contributed by atoms with Crippen molar-refractivity contribution in [2.24, 2.45) is 5.92 Å². The van der Waals surface area contributed by atoms with Gasteiger partial charge in [-0.05, 0) is 43.5 Å². The van der Waals surface area contributed by atoms with E-state index in [0.717, 1.165) is 55.2 Å². The minimum atomic E-state index is -1.09. The van der Waals surface area contributed by atoms with Crippen molar-refractivity contribution in [3.05, 3.63) is 35.8 Å². The number of nitrogens with zero attached hydrogens (tertiary/aromatic N) is 4. The van der Waals surface area contributed by atoms with Crippen LogP contribution in [0.25, 0.3) is 0 Å². The molecule has 0 radical (unpaired) electrons. The second-order valence-corrected chi connectivity index (χ2v) is 10.7. The Kier molecular flexibility index (Phi) is 4.47. The molecule has 1 aliphatic carbocycles. The van der Waals surface area contributed by atoms with Crippen molar-refractivity contribution >= 4 is 28.3 Å². The van der Waals surface area contributed by atoms with Gasteiger partial charge in [0, 0.05) is 43.4 Å². The van der Waals surface area contributed by atoms with Gasteiger partial charge in [-0.2, -0.15) is 4.98 Å². The van der Waals surface area contributed by atoms with Crippen LogP contribution in [0.5, 0.6) is 0 Å². The van der Waals surface area contributed by atoms with Crippen LogP contribution in [0.2, 0.25) is 0 Å². The molecular weight excluding hydrogens is 417 g/mol. The topological polar surface area (TPSA) is 81.6 Å². The lowest BCUT2D eigenvalue weighted by Crippen LogP contribution is -2.64. The maximum absolute atomic E-state index is 13.3. The van der Waals surface area contributed by atoms with Crippen molar-refractivity contribution in [3.8, 4) is 0 Å². The van der Waals surface area contributed by atoms with Crippen LogP contribution in [0.3, 0.4) is 0 Å². The van der Waals surface area contributed by atoms with Gasteiger partial charge in [-0.1, -0.05) is 0 Å². The van der Waals surface area contributed by atoms with E-state index in [1.165, 1.54) is 12.1 Å². The Morgan fingerprint density at radius 2 is 2.03 bits per heavy atom. The first-order valence-electron chi connectivity index (χ1n) is 11.0. The zero-order valence-electron chi connectivity index (χ0n) is 17.3. The lowest BCUT2D eigenvalue weighted by Gasteiger charge is -2.54. The molecule has 1 saturated carbocycles. The number of benzene rings is 1. The molecule has 1 unspecified atom stereocenters. The summed E-state index contributed by atoms with van der Waals surface area (Å²) in [6, 6.07) is 7.07. The van der Waals surface area contributed by atoms with Crippen molar-refractivity contribution in [2.45, 2.75) is 42.2 Å². The number of aromatic nitrogens is 2. The van der Waals surface area contributed by atoms with Crippen molar-refractivity contribution in [2.75, 3.05) is 47.1 Å². The number of aliphatic hydroxyl groups is 1. The highest BCUT2D eigenvalue weighted by atomic mass is 32.2. The Hall–Kier alpha value is -2.26. The molecule has 1 aromatic carbocycles. The van der Waals surface area contributed by atoms with Gasteiger partial charge in [0.25, 0.3) is 0 Å². The van der Waals surface area contributed by atoms with Gasteiger partial charge in [0.15, 0.2) is 0 Å². The molecule has 2 N–H and O–H groups in total. The summed E-state index contributed by atoms with van der Waals surface area (Å²) < 4.78 is 25.9. The molecule has 0 spiro atoms. The summed E-state index contributed by atoms with van der Waals surface area (Å²) in [7, 11) is -1.09. The standard InChI is InChI=1S/C22H26FN5O2S/c23-15-1-3-16(4-2-15)28-11-14-5-9-27(12-18(14)28)21-24-17-6-10-31(30)19(17)20(25-21)26-22(13-29)7-8-22/h1-4,14,18,29H,5-13H2,(H,24,25,26)/t14-,18-,31?/m0/s1. The lowest BCUT2D eigenvalue weighted by atomic mass is 9.82. The first-order chi connectivity index (χ1) is 15.0. The SMILES string of the molecule is O=S1CCc2nc(N3CC[C@H]4CN(c5ccc(F)cc5)[C@H]4C3)nc(NC3(CO)CC3)c21. The molecule has 31 heavy (non-hydrogen) atoms. The van der Waals surface area contributed by atoms with Crippen LogP contribution in [0.1, 0.15) is 25.0 Å². The van der Waals surface area contributed by atoms with E-state index in [-0.39, 0.29) is 18.0 Å². The van der Waals surface area contributed by atoms with Crippen molar-refractivity contribution < 1.29 is 13.7 Å². The minimum absolute atomic E-state index is 0.0494. The maximum Gasteiger partial charge on any atom is 0.227 e. The molecule has 2 aromatic rings. The van der Waals surface area contributed by atoms with Crippen LogP contribution in [0, 0.1) is 11.7 Å². The number of piperidine rings is 1. The molecule has 4 heterocycles. The normalized spacial score (nSPS) is 28.0. The first-order valence-corrected chi connectivity index (χ1v) is 12.3. The molecule has 3 fully saturated rings. The van der Waals surface area contributed by atoms with Crippen molar-refractivity contribution in [3.63, 3.8) is 0 Å². The fraction of sp³-hybridized carbons (Fsp3) is 0.545. The van der Waals surface area contributed by atoms with Gasteiger partial charge >= 0.3 is 0 Å². The van der Waals surface area contributed by atoms with Crippen LogP contribution in [-0.2, 0) is 17.2 Å². The fourth-order valence-corrected chi connectivity index (χ4v) is 6.35. The summed E-state index contributed by atoms with van der Waals surface area (Å²) in [6.45, 7) is 2.76. The molecule has 3 atom stereocenters. The molecule has 7 nitrogen and oxygen atoms in total. The van der Waals surface area contributed by atoms with Crippen LogP contribution in [-0.4, -0.2) is 62.9 Å². The highest BCUT2D eigenvalue weighted by Crippen LogP contribution is 2.42. The Morgan fingerprint density at radius 3 is 2.77 bits per heavy atom. The van der Waals surface area contributed by atoms with E-state index < -0.39 is 10.8 Å². The summed E-state index contributed by atoms with van der Waals surface area (Å²) in [5.74, 6) is 2.31. The molecule has 1 aromatic heterocycles. The van der Waals surface area contributed by atoms with E-state index in [0.29, 0.717) is 35.9 Å². The zero-order valence-corrected chi connectivity index (χ0v) is 18.1. The highest BCUT2D eigenvalue weighted by Gasteiger charge is 2.45. The quantitative estimate of drug-likeness (QED) is 0.731. The van der Waals surface area contributed by atoms with Gasteiger partial charge in [-0.3, -0.25) is 4.21 Å². The first kappa shape index (κ1) is 19.4. The molecule has 6 rings (SSSR count). The van der Waals surface area contributed by atoms with Crippen LogP contribution in [0.4, 0.5) is 21.8 Å². The summed E-state index contributed by atoms with van der Waals surface area (Å²) >= 11 is 0. The van der Waals surface area contributed by atoms with Gasteiger partial charge in [-0.15, -0.1) is 0 Å². The van der Waals surface area contributed by atoms with Gasteiger partial charge in [-0.25, -0.2) is 9.37 Å². The van der Waals surface area contributed by atoms with E-state index in [1.807, 2.05) is 12.1 Å². The molecular formula is C22H26FN5O2S. The predicted molar refractivity (Wildman–Crippen MR) is 118 cm³/mol. The van der Waals surface area contributed by atoms with Crippen LogP contribution >= 0.6 is 0 Å². The fourth-order valence-electron chi connectivity index (χ4n) is 5.04. The van der Waals surface area contributed by atoms with E-state index in [4.69, 9.17) is 9.97 Å². The van der Waals surface area contributed by atoms with E-state index in [1.54, 1.807) is 0 Å². The maximum atomic E-state index is 13.3. The summed E-state index contributed by atoms with van der Waals surface area (Å²) in [5, 5.41) is 13.2. The molecule has 3 aliphatic heterocycles. The molecule has 164 valence electrons. The number of fused-ring (bicyclic) bond motifs is 2. The summed E-state index contributed by atoms with van der Waals surface area (Å²) in [5.41, 5.74) is 1.59. The number of aryl methyl sites for hydroxylation is 1. The van der Waals surface area contributed by atoms with Crippen molar-refractivity contribution in [1.82, 2.24) is 9.97 Å². The minimum Gasteiger partial charge on any atom is -0.394 e. The number of hydrogen-bond acceptors (Lipinski definition) is 7. The second kappa shape index (κ2) is 7.13. The van der Waals surface area contributed by atoms with E-state index >= 15 is 0 Å². The number of rotatable bonds is 5. The summed E-state index contributed by atoms with van der Waals surface area (Å²) in [6.07, 6.45) is 3.55. The zero-order chi connectivity index (χ0) is 21.2. The smallest absolute Gasteiger partial charge is 0.227 e. The number of nitrogens with one attached hydrogen (secondary N) is 1. The Morgan fingerprint density at radius 1 is 1.23 bits per heavy atom. The number of hydrogen-bond donors (Lipinski definition) is 2. The van der Waals surface area contributed by atoms with Crippen molar-refractivity contribution in [1.29, 1.82) is 0 Å². The largest absolute Gasteiger partial charge is 0.394 e. The van der Waals surface area contributed by atoms with Gasteiger partial charge in [0.1, 0.15) is 16.5 Å². The molecule has 0 amide bonds.